The predicted octanol–water partition coefficient (Wildman–Crippen LogP) is 3.67. The average molecular weight is 345 g/mol. The quantitative estimate of drug-likeness (QED) is 0.840. The van der Waals surface area contributed by atoms with Crippen LogP contribution < -0.4 is 10.1 Å². The molecule has 0 saturated carbocycles. The molecule has 5 nitrogen and oxygen atoms in total. The van der Waals surface area contributed by atoms with Crippen LogP contribution in [0.1, 0.15) is 44.5 Å². The first kappa shape index (κ1) is 16.5. The van der Waals surface area contributed by atoms with Gasteiger partial charge in [-0.15, -0.1) is 11.3 Å². The summed E-state index contributed by atoms with van der Waals surface area (Å²) in [7, 11) is 1.52. The van der Waals surface area contributed by atoms with Crippen LogP contribution in [0, 0.1) is 0 Å². The summed E-state index contributed by atoms with van der Waals surface area (Å²) in [5, 5.41) is 3.43. The lowest BCUT2D eigenvalue weighted by Crippen LogP contribution is -2.16. The Morgan fingerprint density at radius 2 is 2.04 bits per heavy atom. The molecule has 0 spiro atoms. The molecule has 0 saturated heterocycles. The Bertz CT molecular complexity index is 781. The second kappa shape index (κ2) is 7.05. The number of methoxy groups -OCH3 is 1. The maximum absolute atomic E-state index is 12.6. The zero-order chi connectivity index (χ0) is 17.1. The molecule has 126 valence electrons. The minimum absolute atomic E-state index is 0.294. The number of aryl methyl sites for hydroxylation is 1. The topological polar surface area (TPSA) is 64.6 Å². The molecule has 2 aromatic rings. The van der Waals surface area contributed by atoms with Crippen molar-refractivity contribution < 1.29 is 19.1 Å². The van der Waals surface area contributed by atoms with E-state index in [-0.39, 0.29) is 11.9 Å². The van der Waals surface area contributed by atoms with E-state index in [1.54, 1.807) is 31.2 Å². The minimum Gasteiger partial charge on any atom is -0.496 e. The van der Waals surface area contributed by atoms with Gasteiger partial charge in [-0.2, -0.15) is 0 Å². The first-order chi connectivity index (χ1) is 11.7. The molecule has 0 atom stereocenters. The molecule has 1 aromatic carbocycles. The number of para-hydroxylation sites is 1. The highest BCUT2D eigenvalue weighted by molar-refractivity contribution is 7.17. The van der Waals surface area contributed by atoms with Gasteiger partial charge in [-0.05, 0) is 43.9 Å². The number of rotatable bonds is 5. The summed E-state index contributed by atoms with van der Waals surface area (Å²) in [6, 6.07) is 7.01. The summed E-state index contributed by atoms with van der Waals surface area (Å²) in [6.07, 6.45) is 2.83. The van der Waals surface area contributed by atoms with Gasteiger partial charge >= 0.3 is 5.97 Å². The van der Waals surface area contributed by atoms with Crippen LogP contribution in [0.4, 0.5) is 5.00 Å². The van der Waals surface area contributed by atoms with Crippen molar-refractivity contribution in [3.05, 3.63) is 45.8 Å². The fourth-order valence-electron chi connectivity index (χ4n) is 2.91. The number of hydrogen-bond acceptors (Lipinski definition) is 5. The molecule has 1 N–H and O–H groups in total. The summed E-state index contributed by atoms with van der Waals surface area (Å²) in [4.78, 5) is 26.1. The third-order valence-electron chi connectivity index (χ3n) is 3.98. The van der Waals surface area contributed by atoms with Gasteiger partial charge in [0, 0.05) is 4.88 Å². The van der Waals surface area contributed by atoms with Gasteiger partial charge in [0.25, 0.3) is 5.91 Å². The van der Waals surface area contributed by atoms with Crippen molar-refractivity contribution in [3.8, 4) is 5.75 Å². The highest BCUT2D eigenvalue weighted by Gasteiger charge is 2.28. The Labute approximate surface area is 144 Å². The molecule has 0 aliphatic heterocycles. The van der Waals surface area contributed by atoms with E-state index in [2.05, 4.69) is 5.32 Å². The largest absolute Gasteiger partial charge is 0.496 e. The van der Waals surface area contributed by atoms with Crippen molar-refractivity contribution in [1.82, 2.24) is 0 Å². The Kier molecular flexibility index (Phi) is 4.85. The van der Waals surface area contributed by atoms with E-state index < -0.39 is 0 Å². The van der Waals surface area contributed by atoms with Gasteiger partial charge in [0.15, 0.2) is 0 Å². The van der Waals surface area contributed by atoms with Crippen molar-refractivity contribution in [2.75, 3.05) is 19.0 Å². The molecular weight excluding hydrogens is 326 g/mol. The molecule has 6 heteroatoms. The Morgan fingerprint density at radius 3 is 2.79 bits per heavy atom. The smallest absolute Gasteiger partial charge is 0.341 e. The van der Waals surface area contributed by atoms with E-state index in [9.17, 15) is 9.59 Å². The van der Waals surface area contributed by atoms with Crippen LogP contribution in [0.3, 0.4) is 0 Å². The fourth-order valence-corrected chi connectivity index (χ4v) is 4.19. The molecule has 0 unspecified atom stereocenters. The van der Waals surface area contributed by atoms with Gasteiger partial charge < -0.3 is 14.8 Å². The SMILES string of the molecule is CCOC(=O)c1c(NC(=O)c2ccccc2OC)sc2c1CCC2. The van der Waals surface area contributed by atoms with Gasteiger partial charge in [0.2, 0.25) is 0 Å². The Morgan fingerprint density at radius 1 is 1.25 bits per heavy atom. The molecule has 1 aliphatic rings. The van der Waals surface area contributed by atoms with Crippen LogP contribution in [0.2, 0.25) is 0 Å². The number of esters is 1. The van der Waals surface area contributed by atoms with Gasteiger partial charge in [0.1, 0.15) is 10.8 Å². The maximum Gasteiger partial charge on any atom is 0.341 e. The van der Waals surface area contributed by atoms with Crippen molar-refractivity contribution >= 4 is 28.2 Å². The average Bonchev–Trinajstić information content (AvgIpc) is 3.15. The molecule has 0 bridgehead atoms. The number of fused-ring (bicyclic) bond motifs is 1. The van der Waals surface area contributed by atoms with E-state index in [0.717, 1.165) is 29.7 Å². The third kappa shape index (κ3) is 3.01. The number of carbonyl (C=O) groups is 2. The van der Waals surface area contributed by atoms with Crippen LogP contribution in [0.25, 0.3) is 0 Å². The van der Waals surface area contributed by atoms with Crippen LogP contribution in [0.5, 0.6) is 5.75 Å². The lowest BCUT2D eigenvalue weighted by atomic mass is 10.1. The summed E-state index contributed by atoms with van der Waals surface area (Å²) in [6.45, 7) is 2.08. The summed E-state index contributed by atoms with van der Waals surface area (Å²) in [5.41, 5.74) is 1.97. The molecule has 1 amide bonds. The molecule has 1 aliphatic carbocycles. The lowest BCUT2D eigenvalue weighted by molar-refractivity contribution is 0.0527. The fraction of sp³-hybridized carbons (Fsp3) is 0.333. The molecule has 0 fully saturated rings. The van der Waals surface area contributed by atoms with Crippen LogP contribution in [-0.2, 0) is 17.6 Å². The normalized spacial score (nSPS) is 12.6. The highest BCUT2D eigenvalue weighted by Crippen LogP contribution is 2.39. The number of amides is 1. The van der Waals surface area contributed by atoms with Gasteiger partial charge in [-0.3, -0.25) is 4.79 Å². The molecular formula is C18H19NO4S. The standard InChI is InChI=1S/C18H19NO4S/c1-3-23-18(21)15-12-8-6-10-14(12)24-17(15)19-16(20)11-7-4-5-9-13(11)22-2/h4-5,7,9H,3,6,8,10H2,1-2H3,(H,19,20). The highest BCUT2D eigenvalue weighted by atomic mass is 32.1. The number of carbonyl (C=O) groups excluding carboxylic acids is 2. The summed E-state index contributed by atoms with van der Waals surface area (Å²) >= 11 is 1.47. The Balaban J connectivity index is 1.93. The third-order valence-corrected chi connectivity index (χ3v) is 5.19. The molecule has 0 radical (unpaired) electrons. The summed E-state index contributed by atoms with van der Waals surface area (Å²) < 4.78 is 10.4. The molecule has 1 aromatic heterocycles. The number of thiophene rings is 1. The van der Waals surface area contributed by atoms with E-state index in [1.165, 1.54) is 18.4 Å². The van der Waals surface area contributed by atoms with E-state index in [1.807, 2.05) is 0 Å². The van der Waals surface area contributed by atoms with Crippen LogP contribution in [-0.4, -0.2) is 25.6 Å². The van der Waals surface area contributed by atoms with Crippen molar-refractivity contribution in [3.63, 3.8) is 0 Å². The molecule has 1 heterocycles. The van der Waals surface area contributed by atoms with Gasteiger partial charge in [0.05, 0.1) is 24.8 Å². The molecule has 3 rings (SSSR count). The second-order valence-electron chi connectivity index (χ2n) is 5.44. The minimum atomic E-state index is -0.368. The van der Waals surface area contributed by atoms with E-state index in [0.29, 0.717) is 28.5 Å². The Hall–Kier alpha value is -2.34. The van der Waals surface area contributed by atoms with Crippen molar-refractivity contribution in [1.29, 1.82) is 0 Å². The van der Waals surface area contributed by atoms with Crippen molar-refractivity contribution in [2.24, 2.45) is 0 Å². The zero-order valence-corrected chi connectivity index (χ0v) is 14.5. The van der Waals surface area contributed by atoms with Crippen LogP contribution >= 0.6 is 11.3 Å². The summed E-state index contributed by atoms with van der Waals surface area (Å²) in [5.74, 6) is -0.165. The number of benzene rings is 1. The van der Waals surface area contributed by atoms with E-state index in [4.69, 9.17) is 9.47 Å². The van der Waals surface area contributed by atoms with Crippen molar-refractivity contribution in [2.45, 2.75) is 26.2 Å². The van der Waals surface area contributed by atoms with Gasteiger partial charge in [-0.25, -0.2) is 4.79 Å². The first-order valence-corrected chi connectivity index (χ1v) is 8.73. The van der Waals surface area contributed by atoms with Crippen LogP contribution in [0.15, 0.2) is 24.3 Å². The van der Waals surface area contributed by atoms with Gasteiger partial charge in [-0.1, -0.05) is 12.1 Å². The lowest BCUT2D eigenvalue weighted by Gasteiger charge is -2.10. The number of ether oxygens (including phenoxy) is 2. The second-order valence-corrected chi connectivity index (χ2v) is 6.54. The number of anilines is 1. The monoisotopic (exact) mass is 345 g/mol. The van der Waals surface area contributed by atoms with E-state index >= 15 is 0 Å². The molecule has 24 heavy (non-hydrogen) atoms. The number of hydrogen-bond donors (Lipinski definition) is 1. The number of nitrogens with one attached hydrogen (secondary N) is 1. The zero-order valence-electron chi connectivity index (χ0n) is 13.7. The predicted molar refractivity (Wildman–Crippen MR) is 93.2 cm³/mol. The first-order valence-electron chi connectivity index (χ1n) is 7.91. The maximum atomic E-state index is 12.6.